The van der Waals surface area contributed by atoms with Gasteiger partial charge in [-0.3, -0.25) is 4.90 Å². The second kappa shape index (κ2) is 13.7. The predicted octanol–water partition coefficient (Wildman–Crippen LogP) is 5.31. The largest absolute Gasteiger partial charge is 0.489 e. The van der Waals surface area contributed by atoms with E-state index in [0.717, 1.165) is 60.7 Å². The van der Waals surface area contributed by atoms with E-state index in [1.165, 1.54) is 0 Å². The molecule has 0 aromatic heterocycles. The van der Waals surface area contributed by atoms with Gasteiger partial charge in [-0.15, -0.1) is 0 Å². The number of hydrogen-bond donors (Lipinski definition) is 1. The summed E-state index contributed by atoms with van der Waals surface area (Å²) in [4.78, 5) is 13.1. The first kappa shape index (κ1) is 27.3. The first-order chi connectivity index (χ1) is 18.5. The van der Waals surface area contributed by atoms with Gasteiger partial charge in [0.15, 0.2) is 6.61 Å². The smallest absolute Gasteiger partial charge is 0.341 e. The molecule has 7 heteroatoms. The molecule has 4 rings (SSSR count). The quantitative estimate of drug-likeness (QED) is 0.378. The Morgan fingerprint density at radius 1 is 1.03 bits per heavy atom. The zero-order chi connectivity index (χ0) is 26.7. The van der Waals surface area contributed by atoms with Crippen molar-refractivity contribution < 1.29 is 24.1 Å². The number of halogens is 1. The SMILES string of the molecule is Cc1cc(OC/C=C(\c2ccc(Cl)cc2)c2ccc(C#CCN3CCOCC3)cc2)ccc1OCC(=O)O. The van der Waals surface area contributed by atoms with Crippen LogP contribution in [0.25, 0.3) is 5.57 Å². The number of carbonyl (C=O) groups is 1. The maximum atomic E-state index is 10.8. The summed E-state index contributed by atoms with van der Waals surface area (Å²) >= 11 is 6.13. The number of carboxylic acid groups (broad SMARTS) is 1. The van der Waals surface area contributed by atoms with Crippen molar-refractivity contribution in [3.8, 4) is 23.3 Å². The number of carboxylic acids is 1. The molecule has 0 saturated carbocycles. The van der Waals surface area contributed by atoms with Crippen LogP contribution in [0.2, 0.25) is 5.02 Å². The summed E-state index contributed by atoms with van der Waals surface area (Å²) in [6.07, 6.45) is 2.03. The molecule has 1 aliphatic heterocycles. The molecule has 0 bridgehead atoms. The summed E-state index contributed by atoms with van der Waals surface area (Å²) < 4.78 is 16.7. The standard InChI is InChI=1S/C31H30ClNO5/c1-23-21-28(12-13-30(23)38-22-31(34)35)37-18-14-29(26-8-10-27(32)11-9-26)25-6-4-24(5-7-25)3-2-15-33-16-19-36-20-17-33/h4-14,21H,15-20,22H2,1H3,(H,34,35)/b29-14-. The van der Waals surface area contributed by atoms with Gasteiger partial charge >= 0.3 is 5.97 Å². The summed E-state index contributed by atoms with van der Waals surface area (Å²) in [6, 6.07) is 21.2. The van der Waals surface area contributed by atoms with Crippen molar-refractivity contribution in [3.05, 3.63) is 100 Å². The van der Waals surface area contributed by atoms with Gasteiger partial charge in [0.05, 0.1) is 19.8 Å². The number of ether oxygens (including phenoxy) is 3. The average molecular weight is 532 g/mol. The highest BCUT2D eigenvalue weighted by molar-refractivity contribution is 6.30. The molecule has 3 aromatic carbocycles. The number of hydrogen-bond acceptors (Lipinski definition) is 5. The molecule has 1 aliphatic rings. The molecule has 0 aliphatic carbocycles. The molecule has 196 valence electrons. The van der Waals surface area contributed by atoms with Crippen LogP contribution < -0.4 is 9.47 Å². The third-order valence-electron chi connectivity index (χ3n) is 6.03. The van der Waals surface area contributed by atoms with Gasteiger partial charge in [-0.05, 0) is 77.7 Å². The Bertz CT molecular complexity index is 1320. The summed E-state index contributed by atoms with van der Waals surface area (Å²) in [5, 5.41) is 9.50. The van der Waals surface area contributed by atoms with Crippen LogP contribution in [0.4, 0.5) is 0 Å². The second-order valence-electron chi connectivity index (χ2n) is 8.81. The Kier molecular flexibility index (Phi) is 9.83. The minimum atomic E-state index is -1.02. The minimum Gasteiger partial charge on any atom is -0.489 e. The minimum absolute atomic E-state index is 0.341. The molecular formula is C31H30ClNO5. The van der Waals surface area contributed by atoms with Crippen LogP contribution in [0.3, 0.4) is 0 Å². The lowest BCUT2D eigenvalue weighted by atomic mass is 9.97. The molecule has 38 heavy (non-hydrogen) atoms. The summed E-state index contributed by atoms with van der Waals surface area (Å²) in [5.74, 6) is 6.70. The van der Waals surface area contributed by atoms with Gasteiger partial charge in [0.1, 0.15) is 18.1 Å². The Labute approximate surface area is 228 Å². The Hall–Kier alpha value is -3.76. The molecule has 0 unspecified atom stereocenters. The number of aliphatic carboxylic acids is 1. The van der Waals surface area contributed by atoms with Crippen LogP contribution in [-0.4, -0.2) is 62.0 Å². The zero-order valence-electron chi connectivity index (χ0n) is 21.3. The highest BCUT2D eigenvalue weighted by Crippen LogP contribution is 2.27. The molecule has 1 fully saturated rings. The van der Waals surface area contributed by atoms with Crippen LogP contribution in [-0.2, 0) is 9.53 Å². The topological polar surface area (TPSA) is 68.2 Å². The van der Waals surface area contributed by atoms with E-state index in [-0.39, 0.29) is 6.61 Å². The first-order valence-electron chi connectivity index (χ1n) is 12.4. The van der Waals surface area contributed by atoms with Crippen molar-refractivity contribution in [2.75, 3.05) is 46.1 Å². The Balaban J connectivity index is 1.46. The van der Waals surface area contributed by atoms with Crippen LogP contribution >= 0.6 is 11.6 Å². The maximum Gasteiger partial charge on any atom is 0.341 e. The lowest BCUT2D eigenvalue weighted by molar-refractivity contribution is -0.139. The van der Waals surface area contributed by atoms with E-state index in [9.17, 15) is 4.79 Å². The summed E-state index contributed by atoms with van der Waals surface area (Å²) in [7, 11) is 0. The first-order valence-corrected chi connectivity index (χ1v) is 12.8. The monoisotopic (exact) mass is 531 g/mol. The fourth-order valence-electron chi connectivity index (χ4n) is 4.01. The second-order valence-corrected chi connectivity index (χ2v) is 9.25. The van der Waals surface area contributed by atoms with Crippen molar-refractivity contribution in [1.82, 2.24) is 4.90 Å². The van der Waals surface area contributed by atoms with Crippen molar-refractivity contribution in [3.63, 3.8) is 0 Å². The molecule has 1 N–H and O–H groups in total. The summed E-state index contributed by atoms with van der Waals surface area (Å²) in [6.45, 7) is 5.94. The van der Waals surface area contributed by atoms with Gasteiger partial charge in [-0.2, -0.15) is 0 Å². The van der Waals surface area contributed by atoms with Crippen molar-refractivity contribution in [2.24, 2.45) is 0 Å². The lowest BCUT2D eigenvalue weighted by Gasteiger charge is -2.24. The lowest BCUT2D eigenvalue weighted by Crippen LogP contribution is -2.36. The number of nitrogens with zero attached hydrogens (tertiary/aromatic N) is 1. The van der Waals surface area contributed by atoms with Crippen LogP contribution in [0.1, 0.15) is 22.3 Å². The molecular weight excluding hydrogens is 502 g/mol. The molecule has 0 spiro atoms. The molecule has 1 heterocycles. The summed E-state index contributed by atoms with van der Waals surface area (Å²) in [5.41, 5.74) is 4.86. The van der Waals surface area contributed by atoms with Gasteiger partial charge in [0.2, 0.25) is 0 Å². The Morgan fingerprint density at radius 3 is 2.37 bits per heavy atom. The number of aryl methyl sites for hydroxylation is 1. The van der Waals surface area contributed by atoms with Crippen LogP contribution in [0.15, 0.2) is 72.8 Å². The van der Waals surface area contributed by atoms with Gasteiger partial charge in [0.25, 0.3) is 0 Å². The van der Waals surface area contributed by atoms with Crippen LogP contribution in [0, 0.1) is 18.8 Å². The van der Waals surface area contributed by atoms with Gasteiger partial charge in [0, 0.05) is 23.7 Å². The van der Waals surface area contributed by atoms with Gasteiger partial charge in [-0.1, -0.05) is 47.7 Å². The van der Waals surface area contributed by atoms with E-state index in [0.29, 0.717) is 23.1 Å². The maximum absolute atomic E-state index is 10.8. The highest BCUT2D eigenvalue weighted by Gasteiger charge is 2.09. The van der Waals surface area contributed by atoms with E-state index in [4.69, 9.17) is 30.9 Å². The molecule has 6 nitrogen and oxygen atoms in total. The number of morpholine rings is 1. The molecule has 0 amide bonds. The Morgan fingerprint density at radius 2 is 1.71 bits per heavy atom. The van der Waals surface area contributed by atoms with E-state index in [1.54, 1.807) is 12.1 Å². The van der Waals surface area contributed by atoms with Gasteiger partial charge in [-0.25, -0.2) is 4.79 Å². The molecule has 0 atom stereocenters. The highest BCUT2D eigenvalue weighted by atomic mass is 35.5. The van der Waals surface area contributed by atoms with E-state index < -0.39 is 5.97 Å². The number of benzene rings is 3. The molecule has 3 aromatic rings. The van der Waals surface area contributed by atoms with E-state index in [2.05, 4.69) is 28.9 Å². The average Bonchev–Trinajstić information content (AvgIpc) is 2.92. The normalized spacial score (nSPS) is 13.9. The third kappa shape index (κ3) is 8.12. The zero-order valence-corrected chi connectivity index (χ0v) is 22.0. The van der Waals surface area contributed by atoms with Gasteiger partial charge < -0.3 is 19.3 Å². The van der Waals surface area contributed by atoms with E-state index >= 15 is 0 Å². The van der Waals surface area contributed by atoms with Crippen molar-refractivity contribution in [1.29, 1.82) is 0 Å². The fourth-order valence-corrected chi connectivity index (χ4v) is 4.14. The predicted molar refractivity (Wildman–Crippen MR) is 149 cm³/mol. The molecule has 1 saturated heterocycles. The van der Waals surface area contributed by atoms with Crippen LogP contribution in [0.5, 0.6) is 11.5 Å². The van der Waals surface area contributed by atoms with E-state index in [1.807, 2.05) is 55.5 Å². The van der Waals surface area contributed by atoms with Crippen molar-refractivity contribution >= 4 is 23.1 Å². The third-order valence-corrected chi connectivity index (χ3v) is 6.28. The van der Waals surface area contributed by atoms with Crippen molar-refractivity contribution in [2.45, 2.75) is 6.92 Å². The fraction of sp³-hybridized carbons (Fsp3) is 0.258. The number of rotatable bonds is 9. The molecule has 0 radical (unpaired) electrons.